The van der Waals surface area contributed by atoms with Crippen LogP contribution in [-0.2, 0) is 0 Å². The highest BCUT2D eigenvalue weighted by Crippen LogP contribution is 2.20. The van der Waals surface area contributed by atoms with Gasteiger partial charge in [-0.2, -0.15) is 0 Å². The summed E-state index contributed by atoms with van der Waals surface area (Å²) in [6.45, 7) is 5.85. The molecule has 2 saturated heterocycles. The first-order chi connectivity index (χ1) is 9.40. The first-order valence-corrected chi connectivity index (χ1v) is 7.40. The average Bonchev–Trinajstić information content (AvgIpc) is 2.88. The maximum absolute atomic E-state index is 6.00. The van der Waals surface area contributed by atoms with Gasteiger partial charge < -0.3 is 10.1 Å². The summed E-state index contributed by atoms with van der Waals surface area (Å²) in [5, 5.41) is 3.49. The number of nitrogens with one attached hydrogen (secondary N) is 1. The monoisotopic (exact) mass is 297 g/mol. The summed E-state index contributed by atoms with van der Waals surface area (Å²) in [5.74, 6) is 1.77. The standard InChI is InChI=1S/C15H23N3O.ClH/c1-2-13(10-17-6-1)11-18-9-5-15(12-18)19-14-3-7-16-8-4-14;/h3-4,7-8,13,15,17H,1-2,5-6,9-12H2;1H/t13?,15-;/m1./s1. The number of hydrogen-bond donors (Lipinski definition) is 1. The largest absolute Gasteiger partial charge is 0.489 e. The van der Waals surface area contributed by atoms with Crippen LogP contribution in [0.3, 0.4) is 0 Å². The summed E-state index contributed by atoms with van der Waals surface area (Å²) >= 11 is 0. The minimum atomic E-state index is 0. The fourth-order valence-corrected chi connectivity index (χ4v) is 3.11. The molecule has 20 heavy (non-hydrogen) atoms. The van der Waals surface area contributed by atoms with Crippen LogP contribution in [0.4, 0.5) is 0 Å². The van der Waals surface area contributed by atoms with Crippen LogP contribution in [0, 0.1) is 5.92 Å². The van der Waals surface area contributed by atoms with Gasteiger partial charge in [0.25, 0.3) is 0 Å². The van der Waals surface area contributed by atoms with Crippen LogP contribution in [0.25, 0.3) is 0 Å². The molecule has 5 heteroatoms. The van der Waals surface area contributed by atoms with Crippen molar-refractivity contribution in [2.45, 2.75) is 25.4 Å². The highest BCUT2D eigenvalue weighted by Gasteiger charge is 2.26. The molecular weight excluding hydrogens is 274 g/mol. The minimum Gasteiger partial charge on any atom is -0.489 e. The second kappa shape index (κ2) is 7.81. The number of ether oxygens (including phenoxy) is 1. The molecule has 1 N–H and O–H groups in total. The van der Waals surface area contributed by atoms with Crippen LogP contribution < -0.4 is 10.1 Å². The lowest BCUT2D eigenvalue weighted by molar-refractivity contribution is 0.184. The quantitative estimate of drug-likeness (QED) is 0.922. The van der Waals surface area contributed by atoms with E-state index < -0.39 is 0 Å². The van der Waals surface area contributed by atoms with E-state index in [1.54, 1.807) is 12.4 Å². The number of rotatable bonds is 4. The van der Waals surface area contributed by atoms with E-state index in [1.807, 2.05) is 12.1 Å². The topological polar surface area (TPSA) is 37.4 Å². The van der Waals surface area contributed by atoms with E-state index in [4.69, 9.17) is 4.74 Å². The Morgan fingerprint density at radius 1 is 1.30 bits per heavy atom. The lowest BCUT2D eigenvalue weighted by Gasteiger charge is -2.27. The van der Waals surface area contributed by atoms with Crippen molar-refractivity contribution in [2.75, 3.05) is 32.7 Å². The first-order valence-electron chi connectivity index (χ1n) is 7.40. The highest BCUT2D eigenvalue weighted by molar-refractivity contribution is 5.85. The van der Waals surface area contributed by atoms with Crippen LogP contribution in [0.15, 0.2) is 24.5 Å². The average molecular weight is 298 g/mol. The van der Waals surface area contributed by atoms with Gasteiger partial charge in [0.15, 0.2) is 0 Å². The number of likely N-dealkylation sites (tertiary alicyclic amines) is 1. The summed E-state index contributed by atoms with van der Waals surface area (Å²) in [5.41, 5.74) is 0. The zero-order chi connectivity index (χ0) is 12.9. The smallest absolute Gasteiger partial charge is 0.122 e. The Hall–Kier alpha value is -0.840. The summed E-state index contributed by atoms with van der Waals surface area (Å²) in [4.78, 5) is 6.57. The minimum absolute atomic E-state index is 0. The van der Waals surface area contributed by atoms with Crippen LogP contribution in [-0.4, -0.2) is 48.7 Å². The van der Waals surface area contributed by atoms with Crippen LogP contribution in [0.2, 0.25) is 0 Å². The van der Waals surface area contributed by atoms with Gasteiger partial charge in [0, 0.05) is 32.0 Å². The van der Waals surface area contributed by atoms with Crippen molar-refractivity contribution in [1.29, 1.82) is 0 Å². The molecule has 0 bridgehead atoms. The van der Waals surface area contributed by atoms with Gasteiger partial charge >= 0.3 is 0 Å². The molecule has 1 unspecified atom stereocenters. The van der Waals surface area contributed by atoms with Crippen molar-refractivity contribution < 1.29 is 4.74 Å². The number of nitrogens with zero attached hydrogens (tertiary/aromatic N) is 2. The van der Waals surface area contributed by atoms with Crippen LogP contribution in [0.1, 0.15) is 19.3 Å². The number of piperidine rings is 1. The van der Waals surface area contributed by atoms with E-state index >= 15 is 0 Å². The molecule has 0 radical (unpaired) electrons. The van der Waals surface area contributed by atoms with E-state index in [0.29, 0.717) is 6.10 Å². The van der Waals surface area contributed by atoms with Gasteiger partial charge in [0.05, 0.1) is 0 Å². The molecule has 2 fully saturated rings. The number of hydrogen-bond acceptors (Lipinski definition) is 4. The highest BCUT2D eigenvalue weighted by atomic mass is 35.5. The van der Waals surface area contributed by atoms with Crippen molar-refractivity contribution in [3.05, 3.63) is 24.5 Å². The molecule has 1 aromatic rings. The number of pyridine rings is 1. The fraction of sp³-hybridized carbons (Fsp3) is 0.667. The van der Waals surface area contributed by atoms with Crippen LogP contribution in [0.5, 0.6) is 5.75 Å². The van der Waals surface area contributed by atoms with Crippen molar-refractivity contribution in [3.63, 3.8) is 0 Å². The summed E-state index contributed by atoms with van der Waals surface area (Å²) < 4.78 is 6.00. The Morgan fingerprint density at radius 2 is 2.15 bits per heavy atom. The third-order valence-corrected chi connectivity index (χ3v) is 4.10. The Balaban J connectivity index is 0.00000147. The van der Waals surface area contributed by atoms with Gasteiger partial charge in [-0.1, -0.05) is 0 Å². The lowest BCUT2D eigenvalue weighted by Crippen LogP contribution is -2.38. The number of halogens is 1. The Labute approximate surface area is 127 Å². The summed E-state index contributed by atoms with van der Waals surface area (Å²) in [7, 11) is 0. The Kier molecular flexibility index (Phi) is 6.07. The predicted molar refractivity (Wildman–Crippen MR) is 82.6 cm³/mol. The molecular formula is C15H24ClN3O. The molecule has 2 atom stereocenters. The summed E-state index contributed by atoms with van der Waals surface area (Å²) in [6.07, 6.45) is 7.77. The normalized spacial score (nSPS) is 27.0. The van der Waals surface area contributed by atoms with Gasteiger partial charge in [0.1, 0.15) is 11.9 Å². The van der Waals surface area contributed by atoms with Crippen molar-refractivity contribution >= 4 is 12.4 Å². The zero-order valence-corrected chi connectivity index (χ0v) is 12.6. The third-order valence-electron chi connectivity index (χ3n) is 4.10. The second-order valence-electron chi connectivity index (χ2n) is 5.68. The van der Waals surface area contributed by atoms with E-state index in [1.165, 1.54) is 39.0 Å². The zero-order valence-electron chi connectivity index (χ0n) is 11.8. The van der Waals surface area contributed by atoms with Gasteiger partial charge in [-0.3, -0.25) is 9.88 Å². The first kappa shape index (κ1) is 15.5. The summed E-state index contributed by atoms with van der Waals surface area (Å²) in [6, 6.07) is 3.88. The fourth-order valence-electron chi connectivity index (χ4n) is 3.11. The van der Waals surface area contributed by atoms with E-state index in [9.17, 15) is 0 Å². The van der Waals surface area contributed by atoms with E-state index in [-0.39, 0.29) is 12.4 Å². The lowest BCUT2D eigenvalue weighted by atomic mass is 9.99. The predicted octanol–water partition coefficient (Wildman–Crippen LogP) is 1.96. The van der Waals surface area contributed by atoms with Gasteiger partial charge in [-0.15, -0.1) is 12.4 Å². The van der Waals surface area contributed by atoms with E-state index in [2.05, 4.69) is 15.2 Å². The Bertz CT molecular complexity index is 384. The van der Waals surface area contributed by atoms with Gasteiger partial charge in [0.2, 0.25) is 0 Å². The molecule has 0 aliphatic carbocycles. The molecule has 0 saturated carbocycles. The number of aromatic nitrogens is 1. The molecule has 0 spiro atoms. The second-order valence-corrected chi connectivity index (χ2v) is 5.68. The maximum Gasteiger partial charge on any atom is 0.122 e. The third kappa shape index (κ3) is 4.33. The van der Waals surface area contributed by atoms with Gasteiger partial charge in [-0.25, -0.2) is 0 Å². The van der Waals surface area contributed by atoms with Crippen molar-refractivity contribution in [3.8, 4) is 5.75 Å². The Morgan fingerprint density at radius 3 is 2.90 bits per heavy atom. The van der Waals surface area contributed by atoms with Crippen LogP contribution >= 0.6 is 12.4 Å². The van der Waals surface area contributed by atoms with Gasteiger partial charge in [-0.05, 0) is 50.4 Å². The molecule has 2 aliphatic rings. The molecule has 0 amide bonds. The molecule has 0 aromatic carbocycles. The SMILES string of the molecule is Cl.c1cc(O[C@@H]2CCN(CC3CCCNC3)C2)ccn1. The molecule has 4 nitrogen and oxygen atoms in total. The van der Waals surface area contributed by atoms with E-state index in [0.717, 1.165) is 24.6 Å². The molecule has 3 rings (SSSR count). The molecule has 112 valence electrons. The molecule has 2 aliphatic heterocycles. The maximum atomic E-state index is 6.00. The molecule has 3 heterocycles. The molecule has 1 aromatic heterocycles. The van der Waals surface area contributed by atoms with Crippen molar-refractivity contribution in [1.82, 2.24) is 15.2 Å². The van der Waals surface area contributed by atoms with Crippen molar-refractivity contribution in [2.24, 2.45) is 5.92 Å².